The first kappa shape index (κ1) is 30.6. The van der Waals surface area contributed by atoms with Crippen molar-refractivity contribution >= 4 is 23.7 Å². The summed E-state index contributed by atoms with van der Waals surface area (Å²) in [5.74, 6) is -11.3. The molecule has 3 amide bonds. The second-order valence-corrected chi connectivity index (χ2v) is 10.2. The van der Waals surface area contributed by atoms with Crippen LogP contribution in [0, 0.1) is 11.8 Å². The Morgan fingerprint density at radius 2 is 1.40 bits per heavy atom. The Bertz CT molecular complexity index is 808. The van der Waals surface area contributed by atoms with Crippen LogP contribution in [-0.2, 0) is 19.1 Å². The molecule has 8 nitrogen and oxygen atoms in total. The summed E-state index contributed by atoms with van der Waals surface area (Å²) in [6.45, 7) is 10.7. The van der Waals surface area contributed by atoms with E-state index in [0.29, 0.717) is 6.42 Å². The van der Waals surface area contributed by atoms with Gasteiger partial charge in [-0.15, -0.1) is 0 Å². The van der Waals surface area contributed by atoms with Crippen LogP contribution < -0.4 is 10.6 Å². The summed E-state index contributed by atoms with van der Waals surface area (Å²) >= 11 is 0. The van der Waals surface area contributed by atoms with Crippen molar-refractivity contribution in [2.75, 3.05) is 6.54 Å². The molecule has 1 aliphatic heterocycles. The first-order valence-electron chi connectivity index (χ1n) is 11.3. The maximum atomic E-state index is 13.7. The van der Waals surface area contributed by atoms with Crippen LogP contribution >= 0.6 is 0 Å². The number of nitrogens with one attached hydrogen (secondary N) is 2. The van der Waals surface area contributed by atoms with Gasteiger partial charge in [0.05, 0.1) is 6.04 Å². The van der Waals surface area contributed by atoms with E-state index in [1.54, 1.807) is 34.6 Å². The van der Waals surface area contributed by atoms with E-state index in [1.165, 1.54) is 13.8 Å². The van der Waals surface area contributed by atoms with Crippen LogP contribution in [-0.4, -0.2) is 71.0 Å². The van der Waals surface area contributed by atoms with Crippen LogP contribution in [0.5, 0.6) is 0 Å². The summed E-state index contributed by atoms with van der Waals surface area (Å²) < 4.78 is 70.6. The van der Waals surface area contributed by atoms with Crippen molar-refractivity contribution in [1.29, 1.82) is 0 Å². The van der Waals surface area contributed by atoms with E-state index in [4.69, 9.17) is 4.74 Å². The molecule has 1 aliphatic rings. The normalized spacial score (nSPS) is 18.9. The molecule has 35 heavy (non-hydrogen) atoms. The molecule has 0 aromatic heterocycles. The highest BCUT2D eigenvalue weighted by molar-refractivity contribution is 5.97. The number of rotatable bonds is 8. The zero-order valence-electron chi connectivity index (χ0n) is 20.9. The number of alkyl halides is 5. The van der Waals surface area contributed by atoms with Gasteiger partial charge in [0.15, 0.2) is 0 Å². The molecule has 0 bridgehead atoms. The molecule has 0 aliphatic carbocycles. The number of hydrogen-bond acceptors (Lipinski definition) is 5. The highest BCUT2D eigenvalue weighted by Crippen LogP contribution is 2.37. The lowest BCUT2D eigenvalue weighted by Crippen LogP contribution is -2.60. The Balaban J connectivity index is 3.08. The topological polar surface area (TPSA) is 105 Å². The van der Waals surface area contributed by atoms with Gasteiger partial charge in [-0.25, -0.2) is 4.79 Å². The van der Waals surface area contributed by atoms with Gasteiger partial charge in [-0.1, -0.05) is 27.7 Å². The Morgan fingerprint density at radius 1 is 0.886 bits per heavy atom. The molecule has 1 fully saturated rings. The molecule has 2 N–H and O–H groups in total. The van der Waals surface area contributed by atoms with Crippen molar-refractivity contribution in [2.24, 2.45) is 11.8 Å². The highest BCUT2D eigenvalue weighted by Gasteiger charge is 2.64. The molecule has 0 aromatic carbocycles. The number of ketones is 1. The van der Waals surface area contributed by atoms with E-state index in [0.717, 1.165) is 4.90 Å². The van der Waals surface area contributed by atoms with Crippen molar-refractivity contribution in [1.82, 2.24) is 15.5 Å². The molecule has 13 heteroatoms. The van der Waals surface area contributed by atoms with Gasteiger partial charge in [-0.05, 0) is 45.4 Å². The Morgan fingerprint density at radius 3 is 1.83 bits per heavy atom. The molecule has 0 radical (unpaired) electrons. The fourth-order valence-electron chi connectivity index (χ4n) is 3.55. The van der Waals surface area contributed by atoms with E-state index >= 15 is 0 Å². The lowest BCUT2D eigenvalue weighted by Gasteiger charge is -2.32. The minimum atomic E-state index is -6.12. The van der Waals surface area contributed by atoms with Crippen LogP contribution in [0.15, 0.2) is 0 Å². The summed E-state index contributed by atoms with van der Waals surface area (Å²) in [5.41, 5.74) is -0.832. The molecule has 1 rings (SSSR count). The Labute approximate surface area is 201 Å². The molecule has 1 unspecified atom stereocenters. The van der Waals surface area contributed by atoms with Gasteiger partial charge < -0.3 is 20.3 Å². The summed E-state index contributed by atoms with van der Waals surface area (Å²) in [5, 5.41) is 4.45. The largest absolute Gasteiger partial charge is 0.461 e. The quantitative estimate of drug-likeness (QED) is 0.482. The number of halogens is 5. The number of carbonyl (C=O) groups is 4. The van der Waals surface area contributed by atoms with E-state index in [2.05, 4.69) is 5.32 Å². The van der Waals surface area contributed by atoms with Crippen molar-refractivity contribution in [2.45, 2.75) is 97.1 Å². The second kappa shape index (κ2) is 11.1. The lowest BCUT2D eigenvalue weighted by atomic mass is 9.95. The predicted octanol–water partition coefficient (Wildman–Crippen LogP) is 3.43. The molecule has 202 valence electrons. The Hall–Kier alpha value is -2.47. The SMILES string of the molecule is CC(C)C(NC(=O)[C@@H]1CCCN1C(=O)[C@H](NC(=O)OC(C)(C)C)C(C)C)C(=O)C(F)(F)C(F)(F)F. The van der Waals surface area contributed by atoms with Crippen molar-refractivity contribution < 1.29 is 45.9 Å². The summed E-state index contributed by atoms with van der Waals surface area (Å²) in [4.78, 5) is 51.4. The van der Waals surface area contributed by atoms with Crippen LogP contribution in [0.1, 0.15) is 61.3 Å². The van der Waals surface area contributed by atoms with Crippen LogP contribution in [0.25, 0.3) is 0 Å². The maximum absolute atomic E-state index is 13.7. The summed E-state index contributed by atoms with van der Waals surface area (Å²) in [6.07, 6.45) is -6.52. The van der Waals surface area contributed by atoms with Crippen molar-refractivity contribution in [3.63, 3.8) is 0 Å². The van der Waals surface area contributed by atoms with Crippen LogP contribution in [0.2, 0.25) is 0 Å². The van der Waals surface area contributed by atoms with E-state index in [1.807, 2.05) is 5.32 Å². The monoisotopic (exact) mass is 515 g/mol. The summed E-state index contributed by atoms with van der Waals surface area (Å²) in [7, 11) is 0. The first-order valence-corrected chi connectivity index (χ1v) is 11.3. The molecule has 0 saturated carbocycles. The third-order valence-corrected chi connectivity index (χ3v) is 5.36. The van der Waals surface area contributed by atoms with Gasteiger partial charge in [0.2, 0.25) is 17.6 Å². The zero-order chi connectivity index (χ0) is 27.5. The number of ether oxygens (including phenoxy) is 1. The molecular formula is C22H34F5N3O5. The van der Waals surface area contributed by atoms with Crippen LogP contribution in [0.3, 0.4) is 0 Å². The van der Waals surface area contributed by atoms with Gasteiger partial charge >= 0.3 is 18.2 Å². The van der Waals surface area contributed by atoms with E-state index in [9.17, 15) is 41.1 Å². The predicted molar refractivity (Wildman–Crippen MR) is 116 cm³/mol. The maximum Gasteiger partial charge on any atom is 0.461 e. The fourth-order valence-corrected chi connectivity index (χ4v) is 3.55. The minimum Gasteiger partial charge on any atom is -0.444 e. The van der Waals surface area contributed by atoms with Gasteiger partial charge in [-0.3, -0.25) is 14.4 Å². The average Bonchev–Trinajstić information content (AvgIpc) is 3.16. The number of likely N-dealkylation sites (tertiary alicyclic amines) is 1. The standard InChI is InChI=1S/C22H34F5N3O5/c1-11(2)14(16(31)21(23,24)22(25,26)27)28-17(32)13-9-8-10-30(13)18(33)15(12(3)4)29-19(34)35-20(5,6)7/h11-15H,8-10H2,1-7H3,(H,28,32)(H,29,34)/t13-,14?,15+/m0/s1. The number of carbonyl (C=O) groups excluding carboxylic acids is 4. The van der Waals surface area contributed by atoms with Gasteiger partial charge in [0, 0.05) is 6.54 Å². The van der Waals surface area contributed by atoms with Gasteiger partial charge in [0.1, 0.15) is 17.7 Å². The van der Waals surface area contributed by atoms with Gasteiger partial charge in [0.25, 0.3) is 0 Å². The number of amides is 3. The van der Waals surface area contributed by atoms with Crippen molar-refractivity contribution in [3.8, 4) is 0 Å². The van der Waals surface area contributed by atoms with E-state index in [-0.39, 0.29) is 13.0 Å². The fraction of sp³-hybridized carbons (Fsp3) is 0.818. The number of alkyl carbamates (subject to hydrolysis) is 1. The summed E-state index contributed by atoms with van der Waals surface area (Å²) in [6, 6.07) is -4.43. The lowest BCUT2D eigenvalue weighted by molar-refractivity contribution is -0.270. The number of hydrogen-bond donors (Lipinski definition) is 2. The molecular weight excluding hydrogens is 481 g/mol. The third kappa shape index (κ3) is 7.76. The van der Waals surface area contributed by atoms with E-state index < -0.39 is 71.4 Å². The van der Waals surface area contributed by atoms with Crippen molar-refractivity contribution in [3.05, 3.63) is 0 Å². The molecule has 0 aromatic rings. The average molecular weight is 516 g/mol. The number of Topliss-reactive ketones (excluding diaryl/α,β-unsaturated/α-hetero) is 1. The number of nitrogens with zero attached hydrogens (tertiary/aromatic N) is 1. The third-order valence-electron chi connectivity index (χ3n) is 5.36. The Kier molecular flexibility index (Phi) is 9.66. The highest BCUT2D eigenvalue weighted by atomic mass is 19.4. The molecule has 1 heterocycles. The minimum absolute atomic E-state index is 0.0924. The molecule has 1 saturated heterocycles. The molecule has 0 spiro atoms. The molecule has 3 atom stereocenters. The smallest absolute Gasteiger partial charge is 0.444 e. The van der Waals surface area contributed by atoms with Crippen LogP contribution in [0.4, 0.5) is 26.7 Å². The second-order valence-electron chi connectivity index (χ2n) is 10.2. The zero-order valence-corrected chi connectivity index (χ0v) is 20.9. The van der Waals surface area contributed by atoms with Gasteiger partial charge in [-0.2, -0.15) is 22.0 Å². The first-order chi connectivity index (χ1) is 15.7.